The van der Waals surface area contributed by atoms with E-state index in [4.69, 9.17) is 0 Å². The van der Waals surface area contributed by atoms with Crippen molar-refractivity contribution in [1.82, 2.24) is 9.47 Å². The van der Waals surface area contributed by atoms with Crippen molar-refractivity contribution in [2.75, 3.05) is 13.6 Å². The van der Waals surface area contributed by atoms with Crippen molar-refractivity contribution in [3.8, 4) is 0 Å². The van der Waals surface area contributed by atoms with Crippen LogP contribution in [0.5, 0.6) is 0 Å². The van der Waals surface area contributed by atoms with Crippen molar-refractivity contribution in [3.05, 3.63) is 46.9 Å². The van der Waals surface area contributed by atoms with E-state index in [0.29, 0.717) is 17.9 Å². The maximum absolute atomic E-state index is 12.0. The van der Waals surface area contributed by atoms with E-state index >= 15 is 0 Å². The SMILES string of the molecule is C=CC[C@@H]1[C@H]2C[C@@H](CN1C)c1cccc(=O)n1C2. The highest BCUT2D eigenvalue weighted by Crippen LogP contribution is 2.38. The number of nitrogens with zero attached hydrogens (tertiary/aromatic N) is 2. The van der Waals surface area contributed by atoms with Gasteiger partial charge in [-0.1, -0.05) is 12.1 Å². The molecule has 0 amide bonds. The van der Waals surface area contributed by atoms with E-state index in [2.05, 4.69) is 24.6 Å². The zero-order valence-corrected chi connectivity index (χ0v) is 10.9. The minimum Gasteiger partial charge on any atom is -0.312 e. The highest BCUT2D eigenvalue weighted by molar-refractivity contribution is 5.17. The fourth-order valence-electron chi connectivity index (χ4n) is 3.72. The van der Waals surface area contributed by atoms with Gasteiger partial charge in [0.15, 0.2) is 0 Å². The second-order valence-corrected chi connectivity index (χ2v) is 5.62. The van der Waals surface area contributed by atoms with Gasteiger partial charge in [0.1, 0.15) is 0 Å². The van der Waals surface area contributed by atoms with E-state index < -0.39 is 0 Å². The van der Waals surface area contributed by atoms with Crippen LogP contribution < -0.4 is 5.56 Å². The molecule has 1 aromatic rings. The first-order chi connectivity index (χ1) is 8.70. The zero-order chi connectivity index (χ0) is 12.7. The average Bonchev–Trinajstić information content (AvgIpc) is 2.35. The second-order valence-electron chi connectivity index (χ2n) is 5.62. The van der Waals surface area contributed by atoms with Crippen LogP contribution in [0.2, 0.25) is 0 Å². The minimum absolute atomic E-state index is 0.157. The van der Waals surface area contributed by atoms with Gasteiger partial charge in [0.2, 0.25) is 0 Å². The largest absolute Gasteiger partial charge is 0.312 e. The number of pyridine rings is 1. The fraction of sp³-hybridized carbons (Fsp3) is 0.533. The molecule has 3 atom stereocenters. The highest BCUT2D eigenvalue weighted by atomic mass is 16.1. The lowest BCUT2D eigenvalue weighted by atomic mass is 9.77. The number of likely N-dealkylation sites (N-methyl/N-ethyl adjacent to an activating group) is 1. The van der Waals surface area contributed by atoms with Crippen LogP contribution in [0.4, 0.5) is 0 Å². The van der Waals surface area contributed by atoms with Crippen molar-refractivity contribution in [3.63, 3.8) is 0 Å². The maximum atomic E-state index is 12.0. The van der Waals surface area contributed by atoms with E-state index in [1.54, 1.807) is 6.07 Å². The molecule has 2 bridgehead atoms. The lowest BCUT2D eigenvalue weighted by Gasteiger charge is -2.47. The van der Waals surface area contributed by atoms with Crippen LogP contribution in [0.1, 0.15) is 24.5 Å². The minimum atomic E-state index is 0.157. The molecule has 3 heteroatoms. The quantitative estimate of drug-likeness (QED) is 0.742. The van der Waals surface area contributed by atoms with E-state index in [1.807, 2.05) is 16.7 Å². The molecule has 0 N–H and O–H groups in total. The summed E-state index contributed by atoms with van der Waals surface area (Å²) in [4.78, 5) is 14.4. The Morgan fingerprint density at radius 2 is 2.28 bits per heavy atom. The van der Waals surface area contributed by atoms with Crippen LogP contribution in [-0.2, 0) is 6.54 Å². The lowest BCUT2D eigenvalue weighted by molar-refractivity contribution is 0.0739. The number of fused-ring (bicyclic) bond motifs is 4. The summed E-state index contributed by atoms with van der Waals surface area (Å²) in [5.41, 5.74) is 1.38. The molecule has 2 aliphatic heterocycles. The molecule has 0 saturated carbocycles. The molecular formula is C15H20N2O. The molecule has 18 heavy (non-hydrogen) atoms. The zero-order valence-electron chi connectivity index (χ0n) is 10.9. The highest BCUT2D eigenvalue weighted by Gasteiger charge is 2.38. The molecule has 96 valence electrons. The summed E-state index contributed by atoms with van der Waals surface area (Å²) in [6, 6.07) is 6.23. The molecule has 0 radical (unpaired) electrons. The number of piperidine rings is 1. The summed E-state index contributed by atoms with van der Waals surface area (Å²) >= 11 is 0. The van der Waals surface area contributed by atoms with Gasteiger partial charge in [-0.2, -0.15) is 0 Å². The van der Waals surface area contributed by atoms with Crippen molar-refractivity contribution in [2.45, 2.75) is 31.3 Å². The predicted molar refractivity (Wildman–Crippen MR) is 72.8 cm³/mol. The topological polar surface area (TPSA) is 25.2 Å². The van der Waals surface area contributed by atoms with E-state index in [1.165, 1.54) is 12.1 Å². The summed E-state index contributed by atoms with van der Waals surface area (Å²) in [6.07, 6.45) is 4.24. The van der Waals surface area contributed by atoms with Crippen LogP contribution in [0.3, 0.4) is 0 Å². The van der Waals surface area contributed by atoms with Gasteiger partial charge in [-0.25, -0.2) is 0 Å². The summed E-state index contributed by atoms with van der Waals surface area (Å²) in [5, 5.41) is 0. The van der Waals surface area contributed by atoms with Gasteiger partial charge in [-0.05, 0) is 31.9 Å². The Hall–Kier alpha value is -1.35. The van der Waals surface area contributed by atoms with Gasteiger partial charge < -0.3 is 9.47 Å². The molecule has 3 rings (SSSR count). The van der Waals surface area contributed by atoms with E-state index in [9.17, 15) is 4.79 Å². The van der Waals surface area contributed by atoms with Gasteiger partial charge in [0, 0.05) is 36.8 Å². The first-order valence-corrected chi connectivity index (χ1v) is 6.71. The van der Waals surface area contributed by atoms with E-state index in [-0.39, 0.29) is 5.56 Å². The van der Waals surface area contributed by atoms with Gasteiger partial charge in [0.05, 0.1) is 0 Å². The smallest absolute Gasteiger partial charge is 0.250 e. The summed E-state index contributed by atoms with van der Waals surface area (Å²) < 4.78 is 1.99. The normalized spacial score (nSPS) is 30.8. The summed E-state index contributed by atoms with van der Waals surface area (Å²) in [6.45, 7) is 5.79. The van der Waals surface area contributed by atoms with Crippen molar-refractivity contribution in [2.24, 2.45) is 5.92 Å². The molecule has 0 spiro atoms. The lowest BCUT2D eigenvalue weighted by Crippen LogP contribution is -2.51. The summed E-state index contributed by atoms with van der Waals surface area (Å²) in [5.74, 6) is 1.10. The number of aromatic nitrogens is 1. The second kappa shape index (κ2) is 4.39. The van der Waals surface area contributed by atoms with Gasteiger partial charge >= 0.3 is 0 Å². The molecule has 1 saturated heterocycles. The fourth-order valence-corrected chi connectivity index (χ4v) is 3.72. The standard InChI is InChI=1S/C15H20N2O/c1-3-5-13-12-8-11(9-16(13)2)14-6-4-7-15(18)17(14)10-12/h3-4,6-7,11-13H,1,5,8-10H2,2H3/t11-,12-,13+/m0/s1. The molecule has 1 fully saturated rings. The third-order valence-corrected chi connectivity index (χ3v) is 4.53. The molecule has 3 heterocycles. The van der Waals surface area contributed by atoms with Crippen molar-refractivity contribution < 1.29 is 0 Å². The number of rotatable bonds is 2. The van der Waals surface area contributed by atoms with Crippen LogP contribution in [0.15, 0.2) is 35.6 Å². The third kappa shape index (κ3) is 1.74. The van der Waals surface area contributed by atoms with Crippen molar-refractivity contribution in [1.29, 1.82) is 0 Å². The molecule has 0 unspecified atom stereocenters. The Morgan fingerprint density at radius 1 is 1.44 bits per heavy atom. The van der Waals surface area contributed by atoms with Gasteiger partial charge in [0.25, 0.3) is 5.56 Å². The molecule has 2 aliphatic rings. The van der Waals surface area contributed by atoms with Gasteiger partial charge in [-0.15, -0.1) is 6.58 Å². The molecule has 3 nitrogen and oxygen atoms in total. The van der Waals surface area contributed by atoms with Crippen LogP contribution >= 0.6 is 0 Å². The monoisotopic (exact) mass is 244 g/mol. The number of hydrogen-bond acceptors (Lipinski definition) is 2. The maximum Gasteiger partial charge on any atom is 0.250 e. The van der Waals surface area contributed by atoms with Crippen LogP contribution in [0.25, 0.3) is 0 Å². The Morgan fingerprint density at radius 3 is 3.06 bits per heavy atom. The Kier molecular flexibility index (Phi) is 2.86. The van der Waals surface area contributed by atoms with Crippen LogP contribution in [-0.4, -0.2) is 29.1 Å². The number of hydrogen-bond donors (Lipinski definition) is 0. The Labute approximate surface area is 108 Å². The predicted octanol–water partition coefficient (Wildman–Crippen LogP) is 1.84. The number of likely N-dealkylation sites (tertiary alicyclic amines) is 1. The Balaban J connectivity index is 2.00. The molecular weight excluding hydrogens is 224 g/mol. The molecule has 0 aromatic carbocycles. The third-order valence-electron chi connectivity index (χ3n) is 4.53. The van der Waals surface area contributed by atoms with Crippen LogP contribution in [0, 0.1) is 5.92 Å². The molecule has 1 aromatic heterocycles. The first kappa shape index (κ1) is 11.7. The van der Waals surface area contributed by atoms with Gasteiger partial charge in [-0.3, -0.25) is 4.79 Å². The molecule has 0 aliphatic carbocycles. The average molecular weight is 244 g/mol. The van der Waals surface area contributed by atoms with E-state index in [0.717, 1.165) is 19.5 Å². The first-order valence-electron chi connectivity index (χ1n) is 6.71. The van der Waals surface area contributed by atoms with Crippen molar-refractivity contribution >= 4 is 0 Å². The summed E-state index contributed by atoms with van der Waals surface area (Å²) in [7, 11) is 2.20. The Bertz CT molecular complexity index is 519.